The molecule has 1 saturated heterocycles. The van der Waals surface area contributed by atoms with E-state index in [2.05, 4.69) is 13.8 Å². The van der Waals surface area contributed by atoms with Crippen LogP contribution in [0.3, 0.4) is 0 Å². The van der Waals surface area contributed by atoms with Gasteiger partial charge < -0.3 is 0 Å². The maximum Gasteiger partial charge on any atom is 0.211 e. The molecule has 3 nitrogen and oxygen atoms in total. The average Bonchev–Trinajstić information content (AvgIpc) is 2.22. The molecule has 0 amide bonds. The molecule has 108 valence electrons. The summed E-state index contributed by atoms with van der Waals surface area (Å²) in [6.07, 6.45) is 10.9. The van der Waals surface area contributed by atoms with Crippen LogP contribution in [0.15, 0.2) is 0 Å². The third-order valence-corrected chi connectivity index (χ3v) is 5.32. The standard InChI is InChI=1S/C14H29NO2S/c1-14(2)10-8-6-4-5-7-9-12-15(13-11-14)18(3,16)17/h4-13H2,1-3H3. The van der Waals surface area contributed by atoms with E-state index in [9.17, 15) is 8.42 Å². The summed E-state index contributed by atoms with van der Waals surface area (Å²) in [6, 6.07) is 0. The van der Waals surface area contributed by atoms with Crippen LogP contribution in [-0.4, -0.2) is 32.1 Å². The summed E-state index contributed by atoms with van der Waals surface area (Å²) < 4.78 is 25.2. The summed E-state index contributed by atoms with van der Waals surface area (Å²) >= 11 is 0. The van der Waals surface area contributed by atoms with Crippen LogP contribution in [0.25, 0.3) is 0 Å². The Morgan fingerprint density at radius 3 is 2.00 bits per heavy atom. The molecule has 1 heterocycles. The Kier molecular flexibility index (Phi) is 6.12. The summed E-state index contributed by atoms with van der Waals surface area (Å²) in [7, 11) is -3.03. The number of sulfonamides is 1. The lowest BCUT2D eigenvalue weighted by molar-refractivity contribution is 0.254. The molecule has 0 N–H and O–H groups in total. The third-order valence-electron chi connectivity index (χ3n) is 4.02. The zero-order valence-corrected chi connectivity index (χ0v) is 13.1. The van der Waals surface area contributed by atoms with Crippen molar-refractivity contribution in [2.45, 2.75) is 65.2 Å². The molecule has 0 aromatic rings. The van der Waals surface area contributed by atoms with Crippen molar-refractivity contribution in [3.05, 3.63) is 0 Å². The minimum Gasteiger partial charge on any atom is -0.213 e. The fraction of sp³-hybridized carbons (Fsp3) is 1.00. The van der Waals surface area contributed by atoms with Gasteiger partial charge in [0.1, 0.15) is 0 Å². The molecule has 18 heavy (non-hydrogen) atoms. The van der Waals surface area contributed by atoms with Crippen LogP contribution < -0.4 is 0 Å². The van der Waals surface area contributed by atoms with E-state index in [4.69, 9.17) is 0 Å². The van der Waals surface area contributed by atoms with Crippen LogP contribution >= 0.6 is 0 Å². The van der Waals surface area contributed by atoms with Gasteiger partial charge in [0, 0.05) is 13.1 Å². The van der Waals surface area contributed by atoms with E-state index < -0.39 is 10.0 Å². The Bertz CT molecular complexity index is 336. The van der Waals surface area contributed by atoms with Gasteiger partial charge in [0.25, 0.3) is 0 Å². The van der Waals surface area contributed by atoms with Gasteiger partial charge in [-0.3, -0.25) is 0 Å². The van der Waals surface area contributed by atoms with E-state index in [1.165, 1.54) is 38.4 Å². The lowest BCUT2D eigenvalue weighted by atomic mass is 9.83. The SMILES string of the molecule is CC1(C)CCCCCCCCN(S(C)(=O)=O)CC1. The third kappa shape index (κ3) is 6.19. The molecule has 4 heteroatoms. The topological polar surface area (TPSA) is 37.4 Å². The molecule has 0 spiro atoms. The number of hydrogen-bond donors (Lipinski definition) is 0. The predicted molar refractivity (Wildman–Crippen MR) is 77.1 cm³/mol. The Morgan fingerprint density at radius 1 is 0.833 bits per heavy atom. The summed E-state index contributed by atoms with van der Waals surface area (Å²) in [5.41, 5.74) is 0.266. The van der Waals surface area contributed by atoms with Gasteiger partial charge in [0.2, 0.25) is 10.0 Å². The first-order chi connectivity index (χ1) is 8.31. The first-order valence-corrected chi connectivity index (χ1v) is 9.11. The molecular formula is C14H29NO2S. The molecule has 1 rings (SSSR count). The lowest BCUT2D eigenvalue weighted by Crippen LogP contribution is -2.34. The van der Waals surface area contributed by atoms with Crippen molar-refractivity contribution in [1.82, 2.24) is 4.31 Å². The van der Waals surface area contributed by atoms with Crippen LogP contribution in [-0.2, 0) is 10.0 Å². The van der Waals surface area contributed by atoms with Crippen LogP contribution in [0.2, 0.25) is 0 Å². The van der Waals surface area contributed by atoms with E-state index in [-0.39, 0.29) is 5.41 Å². The second kappa shape index (κ2) is 6.90. The van der Waals surface area contributed by atoms with Crippen molar-refractivity contribution in [3.8, 4) is 0 Å². The summed E-state index contributed by atoms with van der Waals surface area (Å²) in [4.78, 5) is 0. The second-order valence-corrected chi connectivity index (χ2v) is 8.43. The number of nitrogens with zero attached hydrogens (tertiary/aromatic N) is 1. The predicted octanol–water partition coefficient (Wildman–Crippen LogP) is 3.41. The van der Waals surface area contributed by atoms with Gasteiger partial charge in [-0.05, 0) is 24.7 Å². The Hall–Kier alpha value is -0.0900. The van der Waals surface area contributed by atoms with Gasteiger partial charge >= 0.3 is 0 Å². The molecule has 0 aliphatic carbocycles. The van der Waals surface area contributed by atoms with E-state index in [0.29, 0.717) is 13.1 Å². The van der Waals surface area contributed by atoms with Gasteiger partial charge in [0.05, 0.1) is 6.26 Å². The quantitative estimate of drug-likeness (QED) is 0.735. The fourth-order valence-electron chi connectivity index (χ4n) is 2.59. The highest BCUT2D eigenvalue weighted by molar-refractivity contribution is 7.88. The largest absolute Gasteiger partial charge is 0.213 e. The molecule has 0 bridgehead atoms. The summed E-state index contributed by atoms with van der Waals surface area (Å²) in [5.74, 6) is 0. The van der Waals surface area contributed by atoms with E-state index in [1.807, 2.05) is 0 Å². The van der Waals surface area contributed by atoms with E-state index in [0.717, 1.165) is 19.3 Å². The highest BCUT2D eigenvalue weighted by Crippen LogP contribution is 2.29. The Balaban J connectivity index is 2.63. The molecule has 0 atom stereocenters. The minimum atomic E-state index is -3.03. The van der Waals surface area contributed by atoms with Crippen molar-refractivity contribution in [3.63, 3.8) is 0 Å². The van der Waals surface area contributed by atoms with Crippen molar-refractivity contribution in [2.75, 3.05) is 19.3 Å². The number of hydrogen-bond acceptors (Lipinski definition) is 2. The van der Waals surface area contributed by atoms with Crippen LogP contribution in [0, 0.1) is 5.41 Å². The second-order valence-electron chi connectivity index (χ2n) is 6.45. The summed E-state index contributed by atoms with van der Waals surface area (Å²) in [5, 5.41) is 0. The zero-order valence-electron chi connectivity index (χ0n) is 12.2. The molecule has 0 aromatic carbocycles. The molecular weight excluding hydrogens is 246 g/mol. The first-order valence-electron chi connectivity index (χ1n) is 7.26. The fourth-order valence-corrected chi connectivity index (χ4v) is 3.48. The Labute approximate surface area is 113 Å². The first kappa shape index (κ1) is 16.0. The molecule has 1 fully saturated rings. The van der Waals surface area contributed by atoms with E-state index >= 15 is 0 Å². The zero-order chi connectivity index (χ0) is 13.6. The smallest absolute Gasteiger partial charge is 0.211 e. The molecule has 0 radical (unpaired) electrons. The summed E-state index contributed by atoms with van der Waals surface area (Å²) in [6.45, 7) is 5.92. The average molecular weight is 275 g/mol. The minimum absolute atomic E-state index is 0.266. The normalized spacial score (nSPS) is 25.1. The molecule has 1 aliphatic heterocycles. The molecule has 0 saturated carbocycles. The van der Waals surface area contributed by atoms with Crippen molar-refractivity contribution >= 4 is 10.0 Å². The molecule has 0 aromatic heterocycles. The van der Waals surface area contributed by atoms with Gasteiger partial charge in [-0.1, -0.05) is 46.0 Å². The van der Waals surface area contributed by atoms with Crippen molar-refractivity contribution in [2.24, 2.45) is 5.41 Å². The molecule has 1 aliphatic rings. The van der Waals surface area contributed by atoms with Crippen molar-refractivity contribution < 1.29 is 8.42 Å². The van der Waals surface area contributed by atoms with Crippen LogP contribution in [0.4, 0.5) is 0 Å². The van der Waals surface area contributed by atoms with Gasteiger partial charge in [-0.2, -0.15) is 0 Å². The van der Waals surface area contributed by atoms with E-state index in [1.54, 1.807) is 4.31 Å². The van der Waals surface area contributed by atoms with Gasteiger partial charge in [0.15, 0.2) is 0 Å². The maximum absolute atomic E-state index is 11.7. The Morgan fingerprint density at radius 2 is 1.39 bits per heavy atom. The monoisotopic (exact) mass is 275 g/mol. The maximum atomic E-state index is 11.7. The van der Waals surface area contributed by atoms with Gasteiger partial charge in [-0.25, -0.2) is 12.7 Å². The van der Waals surface area contributed by atoms with Crippen molar-refractivity contribution in [1.29, 1.82) is 0 Å². The lowest BCUT2D eigenvalue weighted by Gasteiger charge is -2.29. The highest BCUT2D eigenvalue weighted by Gasteiger charge is 2.22. The molecule has 0 unspecified atom stereocenters. The highest BCUT2D eigenvalue weighted by atomic mass is 32.2. The van der Waals surface area contributed by atoms with Gasteiger partial charge in [-0.15, -0.1) is 0 Å². The van der Waals surface area contributed by atoms with Crippen LogP contribution in [0.5, 0.6) is 0 Å². The van der Waals surface area contributed by atoms with Crippen LogP contribution in [0.1, 0.15) is 65.2 Å². The number of rotatable bonds is 1.